The number of fused-ring (bicyclic) bond motifs is 1. The number of sulfonamides is 1. The fourth-order valence-corrected chi connectivity index (χ4v) is 3.80. The zero-order valence-corrected chi connectivity index (χ0v) is 12.5. The highest BCUT2D eigenvalue weighted by Crippen LogP contribution is 2.34. The Morgan fingerprint density at radius 2 is 2.10 bits per heavy atom. The summed E-state index contributed by atoms with van der Waals surface area (Å²) in [5.74, 6) is -0.765. The first kappa shape index (κ1) is 14.6. The summed E-state index contributed by atoms with van der Waals surface area (Å²) >= 11 is 0. The zero-order chi connectivity index (χ0) is 15.1. The average Bonchev–Trinajstić information content (AvgIpc) is 2.80. The molecule has 110 valence electrons. The van der Waals surface area contributed by atoms with E-state index in [0.717, 1.165) is 11.1 Å². The van der Waals surface area contributed by atoms with Crippen LogP contribution in [0.25, 0.3) is 0 Å². The Bertz CT molecular complexity index is 655. The first-order valence-corrected chi connectivity index (χ1v) is 7.77. The van der Waals surface area contributed by atoms with Crippen molar-refractivity contribution in [1.29, 1.82) is 0 Å². The molecule has 20 heavy (non-hydrogen) atoms. The van der Waals surface area contributed by atoms with Crippen LogP contribution < -0.4 is 10.0 Å². The first-order chi connectivity index (χ1) is 9.28. The van der Waals surface area contributed by atoms with E-state index in [1.54, 1.807) is 6.07 Å². The van der Waals surface area contributed by atoms with Gasteiger partial charge in [0.25, 0.3) is 0 Å². The molecule has 0 radical (unpaired) electrons. The van der Waals surface area contributed by atoms with Crippen LogP contribution in [0.3, 0.4) is 0 Å². The predicted molar refractivity (Wildman–Crippen MR) is 77.0 cm³/mol. The summed E-state index contributed by atoms with van der Waals surface area (Å²) in [5, 5.41) is -1.24. The van der Waals surface area contributed by atoms with Crippen LogP contribution in [0.4, 0.5) is 11.4 Å². The van der Waals surface area contributed by atoms with Gasteiger partial charge in [0, 0.05) is 12.2 Å². The van der Waals surface area contributed by atoms with Crippen molar-refractivity contribution in [2.24, 2.45) is 0 Å². The highest BCUT2D eigenvalue weighted by molar-refractivity contribution is 7.94. The lowest BCUT2D eigenvalue weighted by atomic mass is 10.1. The van der Waals surface area contributed by atoms with Gasteiger partial charge in [-0.15, -0.1) is 0 Å². The molecule has 0 amide bonds. The normalized spacial score (nSPS) is 15.8. The predicted octanol–water partition coefficient (Wildman–Crippen LogP) is 0.831. The standard InChI is InChI=1S/C13H18N2O4S/c1-8-6-10-4-5-15(12(10)7-11(8)14)20(17,18)9(2)13(16)19-3/h6-7,9H,4-5,14H2,1-3H3. The van der Waals surface area contributed by atoms with E-state index in [9.17, 15) is 13.2 Å². The number of hydrogen-bond donors (Lipinski definition) is 1. The molecule has 0 bridgehead atoms. The number of carbonyl (C=O) groups is 1. The summed E-state index contributed by atoms with van der Waals surface area (Å²) in [6.45, 7) is 3.53. The van der Waals surface area contributed by atoms with Crippen LogP contribution in [0.15, 0.2) is 12.1 Å². The van der Waals surface area contributed by atoms with Crippen molar-refractivity contribution in [3.63, 3.8) is 0 Å². The highest BCUT2D eigenvalue weighted by atomic mass is 32.2. The number of nitrogen functional groups attached to an aromatic ring is 1. The summed E-state index contributed by atoms with van der Waals surface area (Å²) in [6.07, 6.45) is 0.615. The quantitative estimate of drug-likeness (QED) is 0.659. The van der Waals surface area contributed by atoms with Gasteiger partial charge in [-0.2, -0.15) is 0 Å². The van der Waals surface area contributed by atoms with Gasteiger partial charge in [0.15, 0.2) is 5.25 Å². The molecule has 0 aliphatic carbocycles. The summed E-state index contributed by atoms with van der Waals surface area (Å²) in [6, 6.07) is 3.54. The van der Waals surface area contributed by atoms with Crippen molar-refractivity contribution >= 4 is 27.4 Å². The summed E-state index contributed by atoms with van der Waals surface area (Å²) in [7, 11) is -2.62. The molecule has 7 heteroatoms. The van der Waals surface area contributed by atoms with Gasteiger partial charge in [0.05, 0.1) is 12.8 Å². The van der Waals surface area contributed by atoms with E-state index in [-0.39, 0.29) is 0 Å². The van der Waals surface area contributed by atoms with Gasteiger partial charge in [0.2, 0.25) is 10.0 Å². The number of benzene rings is 1. The number of nitrogens with zero attached hydrogens (tertiary/aromatic N) is 1. The van der Waals surface area contributed by atoms with E-state index in [1.807, 2.05) is 13.0 Å². The molecule has 0 saturated carbocycles. The number of ether oxygens (including phenoxy) is 1. The van der Waals surface area contributed by atoms with Crippen molar-refractivity contribution in [3.05, 3.63) is 23.3 Å². The SMILES string of the molecule is COC(=O)C(C)S(=O)(=O)N1CCc2cc(C)c(N)cc21. The molecule has 1 heterocycles. The Morgan fingerprint density at radius 3 is 2.70 bits per heavy atom. The molecule has 1 atom stereocenters. The van der Waals surface area contributed by atoms with E-state index in [4.69, 9.17) is 5.73 Å². The molecular weight excluding hydrogens is 280 g/mol. The molecule has 0 aromatic heterocycles. The number of hydrogen-bond acceptors (Lipinski definition) is 5. The molecule has 2 rings (SSSR count). The molecular formula is C13H18N2O4S. The molecule has 6 nitrogen and oxygen atoms in total. The highest BCUT2D eigenvalue weighted by Gasteiger charge is 2.38. The third-order valence-corrected chi connectivity index (χ3v) is 5.69. The minimum Gasteiger partial charge on any atom is -0.468 e. The second-order valence-electron chi connectivity index (χ2n) is 4.87. The van der Waals surface area contributed by atoms with Gasteiger partial charge in [-0.05, 0) is 37.5 Å². The van der Waals surface area contributed by atoms with Crippen molar-refractivity contribution in [3.8, 4) is 0 Å². The maximum Gasteiger partial charge on any atom is 0.325 e. The Hall–Kier alpha value is -1.76. The zero-order valence-electron chi connectivity index (χ0n) is 11.7. The molecule has 1 aliphatic heterocycles. The van der Waals surface area contributed by atoms with Gasteiger partial charge >= 0.3 is 5.97 Å². The molecule has 0 fully saturated rings. The fraction of sp³-hybridized carbons (Fsp3) is 0.462. The van der Waals surface area contributed by atoms with Crippen molar-refractivity contribution in [1.82, 2.24) is 0 Å². The Kier molecular flexibility index (Phi) is 3.64. The van der Waals surface area contributed by atoms with Crippen LogP contribution in [-0.4, -0.2) is 33.3 Å². The maximum absolute atomic E-state index is 12.5. The van der Waals surface area contributed by atoms with E-state index in [0.29, 0.717) is 24.3 Å². The molecule has 1 unspecified atom stereocenters. The number of aryl methyl sites for hydroxylation is 1. The smallest absolute Gasteiger partial charge is 0.325 e. The molecule has 0 saturated heterocycles. The number of carbonyl (C=O) groups excluding carboxylic acids is 1. The van der Waals surface area contributed by atoms with E-state index < -0.39 is 21.2 Å². The van der Waals surface area contributed by atoms with Crippen LogP contribution in [0.2, 0.25) is 0 Å². The maximum atomic E-state index is 12.5. The van der Waals surface area contributed by atoms with Crippen LogP contribution in [0.1, 0.15) is 18.1 Å². The lowest BCUT2D eigenvalue weighted by Gasteiger charge is -2.23. The van der Waals surface area contributed by atoms with E-state index in [1.165, 1.54) is 18.3 Å². The molecule has 0 spiro atoms. The largest absolute Gasteiger partial charge is 0.468 e. The summed E-state index contributed by atoms with van der Waals surface area (Å²) in [4.78, 5) is 11.5. The number of nitrogens with two attached hydrogens (primary N) is 1. The molecule has 1 aromatic carbocycles. The van der Waals surface area contributed by atoms with Crippen LogP contribution in [0, 0.1) is 6.92 Å². The summed E-state index contributed by atoms with van der Waals surface area (Å²) in [5.41, 5.74) is 8.79. The van der Waals surface area contributed by atoms with Gasteiger partial charge in [-0.3, -0.25) is 9.10 Å². The molecule has 1 aromatic rings. The van der Waals surface area contributed by atoms with Gasteiger partial charge in [0.1, 0.15) is 0 Å². The second kappa shape index (κ2) is 4.97. The first-order valence-electron chi connectivity index (χ1n) is 6.27. The van der Waals surface area contributed by atoms with E-state index in [2.05, 4.69) is 4.74 Å². The van der Waals surface area contributed by atoms with Crippen LogP contribution in [-0.2, 0) is 26.0 Å². The Morgan fingerprint density at radius 1 is 1.45 bits per heavy atom. The number of esters is 1. The average molecular weight is 298 g/mol. The van der Waals surface area contributed by atoms with Crippen molar-refractivity contribution in [2.45, 2.75) is 25.5 Å². The third-order valence-electron chi connectivity index (χ3n) is 3.61. The lowest BCUT2D eigenvalue weighted by Crippen LogP contribution is -2.40. The second-order valence-corrected chi connectivity index (χ2v) is 7.05. The molecule has 1 aliphatic rings. The van der Waals surface area contributed by atoms with Crippen molar-refractivity contribution in [2.75, 3.05) is 23.7 Å². The van der Waals surface area contributed by atoms with Gasteiger partial charge < -0.3 is 10.5 Å². The molecule has 2 N–H and O–H groups in total. The number of methoxy groups -OCH3 is 1. The summed E-state index contributed by atoms with van der Waals surface area (Å²) < 4.78 is 30.7. The minimum atomic E-state index is -3.79. The number of rotatable bonds is 3. The Labute approximate surface area is 118 Å². The minimum absolute atomic E-state index is 0.321. The monoisotopic (exact) mass is 298 g/mol. The fourth-order valence-electron chi connectivity index (χ4n) is 2.29. The van der Waals surface area contributed by atoms with Gasteiger partial charge in [-0.25, -0.2) is 8.42 Å². The Balaban J connectivity index is 2.44. The lowest BCUT2D eigenvalue weighted by molar-refractivity contribution is -0.139. The van der Waals surface area contributed by atoms with Gasteiger partial charge in [-0.1, -0.05) is 6.07 Å². The van der Waals surface area contributed by atoms with Crippen LogP contribution >= 0.6 is 0 Å². The topological polar surface area (TPSA) is 89.7 Å². The third kappa shape index (κ3) is 2.22. The van der Waals surface area contributed by atoms with E-state index >= 15 is 0 Å². The van der Waals surface area contributed by atoms with Crippen LogP contribution in [0.5, 0.6) is 0 Å². The number of anilines is 2. The van der Waals surface area contributed by atoms with Crippen molar-refractivity contribution < 1.29 is 17.9 Å².